The lowest BCUT2D eigenvalue weighted by molar-refractivity contribution is 0.778. The number of rotatable bonds is 3. The average molecular weight is 184 g/mol. The number of aromatic nitrogens is 1. The van der Waals surface area contributed by atoms with Crippen LogP contribution >= 0.6 is 11.6 Å². The molecule has 0 radical (unpaired) electrons. The lowest BCUT2D eigenvalue weighted by atomic mass is 10.3. The predicted octanol–water partition coefficient (Wildman–Crippen LogP) is 1.64. The minimum atomic E-state index is 0.0164. The first-order chi connectivity index (χ1) is 5.72. The lowest BCUT2D eigenvalue weighted by Gasteiger charge is -2.04. The molecule has 0 aliphatic heterocycles. The fourth-order valence-corrected chi connectivity index (χ4v) is 0.934. The van der Waals surface area contributed by atoms with E-state index in [1.54, 1.807) is 12.4 Å². The van der Waals surface area contributed by atoms with Gasteiger partial charge in [0.2, 0.25) is 0 Å². The molecule has 0 amide bonds. The molecule has 0 aromatic carbocycles. The van der Waals surface area contributed by atoms with Crippen LogP contribution in [0.2, 0.25) is 0 Å². The Morgan fingerprint density at radius 1 is 1.50 bits per heavy atom. The molecule has 0 saturated carbocycles. The molecule has 0 fully saturated rings. The molecule has 0 atom stereocenters. The largest absolute Gasteiger partial charge is 0.350 e. The molecule has 1 aromatic heterocycles. The highest BCUT2D eigenvalue weighted by atomic mass is 35.5. The third-order valence-electron chi connectivity index (χ3n) is 1.46. The van der Waals surface area contributed by atoms with Crippen molar-refractivity contribution in [2.45, 2.75) is 6.54 Å². The van der Waals surface area contributed by atoms with Gasteiger partial charge in [-0.05, 0) is 5.57 Å². The summed E-state index contributed by atoms with van der Waals surface area (Å²) in [5.41, 5.74) is 0.947. The van der Waals surface area contributed by atoms with Gasteiger partial charge in [-0.15, -0.1) is 11.6 Å². The molecule has 0 aliphatic carbocycles. The summed E-state index contributed by atoms with van der Waals surface area (Å²) in [7, 11) is 0. The van der Waals surface area contributed by atoms with Crippen LogP contribution in [0.25, 0.3) is 0 Å². The molecule has 3 heteroatoms. The third-order valence-corrected chi connectivity index (χ3v) is 1.83. The van der Waals surface area contributed by atoms with Gasteiger partial charge in [0.25, 0.3) is 0 Å². The van der Waals surface area contributed by atoms with Crippen LogP contribution in [0.15, 0.2) is 41.5 Å². The number of allylic oxidation sites excluding steroid dienone is 1. The van der Waals surface area contributed by atoms with Crippen LogP contribution in [0.3, 0.4) is 0 Å². The van der Waals surface area contributed by atoms with Crippen molar-refractivity contribution in [2.75, 3.05) is 5.88 Å². The first-order valence-electron chi connectivity index (χ1n) is 3.61. The fraction of sp³-hybridized carbons (Fsp3) is 0.222. The number of hydrogen-bond acceptors (Lipinski definition) is 1. The Kier molecular flexibility index (Phi) is 3.11. The van der Waals surface area contributed by atoms with Crippen LogP contribution in [-0.2, 0) is 6.54 Å². The maximum atomic E-state index is 10.7. The summed E-state index contributed by atoms with van der Waals surface area (Å²) in [6.07, 6.45) is 3.44. The molecule has 1 rings (SSSR count). The summed E-state index contributed by atoms with van der Waals surface area (Å²) in [5, 5.41) is 0. The quantitative estimate of drug-likeness (QED) is 0.516. The van der Waals surface area contributed by atoms with E-state index in [2.05, 4.69) is 6.58 Å². The molecule has 12 heavy (non-hydrogen) atoms. The maximum Gasteiger partial charge on any atom is 0.181 e. The smallest absolute Gasteiger partial charge is 0.181 e. The molecule has 0 spiro atoms. The molecule has 2 nitrogen and oxygen atoms in total. The Hall–Kier alpha value is -1.02. The molecular weight excluding hydrogens is 174 g/mol. The number of pyridine rings is 1. The van der Waals surface area contributed by atoms with E-state index in [0.717, 1.165) is 5.57 Å². The third kappa shape index (κ3) is 2.55. The maximum absolute atomic E-state index is 10.7. The summed E-state index contributed by atoms with van der Waals surface area (Å²) in [6, 6.07) is 3.03. The van der Waals surface area contributed by atoms with Crippen molar-refractivity contribution in [3.8, 4) is 0 Å². The molecule has 0 bridgehead atoms. The van der Waals surface area contributed by atoms with Crippen LogP contribution < -0.4 is 5.43 Å². The van der Waals surface area contributed by atoms with Gasteiger partial charge in [0.15, 0.2) is 5.43 Å². The topological polar surface area (TPSA) is 22.0 Å². The minimum Gasteiger partial charge on any atom is -0.350 e. The van der Waals surface area contributed by atoms with Crippen molar-refractivity contribution in [3.63, 3.8) is 0 Å². The Labute approximate surface area is 76.1 Å². The molecule has 0 N–H and O–H groups in total. The standard InChI is InChI=1S/C9H10ClNO/c1-8(6-10)7-11-4-2-9(12)3-5-11/h2-5H,1,6-7H2. The second kappa shape index (κ2) is 4.12. The van der Waals surface area contributed by atoms with Gasteiger partial charge in [-0.1, -0.05) is 6.58 Å². The van der Waals surface area contributed by atoms with Crippen molar-refractivity contribution < 1.29 is 0 Å². The lowest BCUT2D eigenvalue weighted by Crippen LogP contribution is -2.05. The van der Waals surface area contributed by atoms with Crippen LogP contribution in [0.1, 0.15) is 0 Å². The molecular formula is C9H10ClNO. The van der Waals surface area contributed by atoms with E-state index in [0.29, 0.717) is 12.4 Å². The fourth-order valence-electron chi connectivity index (χ4n) is 0.850. The zero-order valence-electron chi connectivity index (χ0n) is 6.66. The highest BCUT2D eigenvalue weighted by molar-refractivity contribution is 6.19. The van der Waals surface area contributed by atoms with Crippen LogP contribution in [0.5, 0.6) is 0 Å². The Morgan fingerprint density at radius 3 is 2.58 bits per heavy atom. The van der Waals surface area contributed by atoms with Crippen LogP contribution in [-0.4, -0.2) is 10.4 Å². The van der Waals surface area contributed by atoms with E-state index in [1.165, 1.54) is 12.1 Å². The number of halogens is 1. The predicted molar refractivity (Wildman–Crippen MR) is 50.6 cm³/mol. The van der Waals surface area contributed by atoms with Crippen molar-refractivity contribution >= 4 is 11.6 Å². The van der Waals surface area contributed by atoms with Crippen molar-refractivity contribution in [3.05, 3.63) is 46.9 Å². The van der Waals surface area contributed by atoms with Gasteiger partial charge in [0.1, 0.15) is 0 Å². The summed E-state index contributed by atoms with van der Waals surface area (Å²) in [6.45, 7) is 4.43. The number of alkyl halides is 1. The van der Waals surface area contributed by atoms with E-state index in [9.17, 15) is 4.79 Å². The van der Waals surface area contributed by atoms with Gasteiger partial charge in [-0.2, -0.15) is 0 Å². The molecule has 0 unspecified atom stereocenters. The van der Waals surface area contributed by atoms with Crippen molar-refractivity contribution in [1.82, 2.24) is 4.57 Å². The zero-order chi connectivity index (χ0) is 8.97. The number of nitrogens with zero attached hydrogens (tertiary/aromatic N) is 1. The first kappa shape index (κ1) is 9.07. The van der Waals surface area contributed by atoms with Crippen LogP contribution in [0.4, 0.5) is 0 Å². The van der Waals surface area contributed by atoms with E-state index < -0.39 is 0 Å². The number of hydrogen-bond donors (Lipinski definition) is 0. The summed E-state index contributed by atoms with van der Waals surface area (Å²) >= 11 is 5.56. The molecule has 64 valence electrons. The summed E-state index contributed by atoms with van der Waals surface area (Å²) in [5.74, 6) is 0.451. The molecule has 1 heterocycles. The van der Waals surface area contributed by atoms with E-state index >= 15 is 0 Å². The Bertz CT molecular complexity index is 309. The molecule has 1 aromatic rings. The van der Waals surface area contributed by atoms with Gasteiger partial charge < -0.3 is 4.57 Å². The Balaban J connectivity index is 2.71. The summed E-state index contributed by atoms with van der Waals surface area (Å²) < 4.78 is 1.87. The van der Waals surface area contributed by atoms with Crippen LogP contribution in [0, 0.1) is 0 Å². The van der Waals surface area contributed by atoms with Crippen molar-refractivity contribution in [2.24, 2.45) is 0 Å². The van der Waals surface area contributed by atoms with E-state index in [4.69, 9.17) is 11.6 Å². The van der Waals surface area contributed by atoms with Gasteiger partial charge in [-0.25, -0.2) is 0 Å². The average Bonchev–Trinajstić information content (AvgIpc) is 2.09. The van der Waals surface area contributed by atoms with Gasteiger partial charge in [0.05, 0.1) is 0 Å². The van der Waals surface area contributed by atoms with Gasteiger partial charge in [-0.3, -0.25) is 4.79 Å². The molecule has 0 aliphatic rings. The SMILES string of the molecule is C=C(CCl)Cn1ccc(=O)cc1. The highest BCUT2D eigenvalue weighted by Gasteiger charge is 1.92. The van der Waals surface area contributed by atoms with Crippen molar-refractivity contribution in [1.29, 1.82) is 0 Å². The second-order valence-electron chi connectivity index (χ2n) is 2.59. The second-order valence-corrected chi connectivity index (χ2v) is 2.86. The van der Waals surface area contributed by atoms with E-state index in [-0.39, 0.29) is 5.43 Å². The monoisotopic (exact) mass is 183 g/mol. The Morgan fingerprint density at radius 2 is 2.08 bits per heavy atom. The molecule has 0 saturated heterocycles. The first-order valence-corrected chi connectivity index (χ1v) is 4.14. The normalized spacial score (nSPS) is 9.75. The summed E-state index contributed by atoms with van der Waals surface area (Å²) in [4.78, 5) is 10.7. The van der Waals surface area contributed by atoms with E-state index in [1.807, 2.05) is 4.57 Å². The minimum absolute atomic E-state index is 0.0164. The van der Waals surface area contributed by atoms with Gasteiger partial charge in [0, 0.05) is 37.0 Å². The highest BCUT2D eigenvalue weighted by Crippen LogP contribution is 1.97. The van der Waals surface area contributed by atoms with Gasteiger partial charge >= 0.3 is 0 Å². The zero-order valence-corrected chi connectivity index (χ0v) is 7.42.